The smallest absolute Gasteiger partial charge is 0.0664 e. The van der Waals surface area contributed by atoms with E-state index in [1.54, 1.807) is 0 Å². The van der Waals surface area contributed by atoms with Crippen molar-refractivity contribution in [1.29, 1.82) is 0 Å². The van der Waals surface area contributed by atoms with Crippen molar-refractivity contribution in [2.24, 2.45) is 0 Å². The number of thioether (sulfide) groups is 1. The summed E-state index contributed by atoms with van der Waals surface area (Å²) in [6, 6.07) is 0.611. The van der Waals surface area contributed by atoms with Gasteiger partial charge in [0.2, 0.25) is 0 Å². The first-order valence-corrected chi connectivity index (χ1v) is 6.82. The van der Waals surface area contributed by atoms with Gasteiger partial charge in [-0.25, -0.2) is 0 Å². The lowest BCUT2D eigenvalue weighted by atomic mass is 10.1. The molecule has 14 heavy (non-hydrogen) atoms. The normalized spacial score (nSPS) is 30.2. The molecule has 3 atom stereocenters. The molecule has 1 fully saturated rings. The maximum absolute atomic E-state index is 9.60. The highest BCUT2D eigenvalue weighted by molar-refractivity contribution is 7.99. The zero-order valence-electron chi connectivity index (χ0n) is 9.33. The second kappa shape index (κ2) is 6.70. The first-order valence-electron chi connectivity index (χ1n) is 5.77. The van der Waals surface area contributed by atoms with Crippen LogP contribution in [0.1, 0.15) is 39.5 Å². The lowest BCUT2D eigenvalue weighted by molar-refractivity contribution is 0.155. The molecule has 0 aromatic heterocycles. The average molecular weight is 217 g/mol. The molecule has 3 heteroatoms. The zero-order valence-corrected chi connectivity index (χ0v) is 10.1. The van der Waals surface area contributed by atoms with Crippen molar-refractivity contribution in [2.45, 2.75) is 56.9 Å². The van der Waals surface area contributed by atoms with Crippen LogP contribution in [0.2, 0.25) is 0 Å². The van der Waals surface area contributed by atoms with Gasteiger partial charge in [0.15, 0.2) is 0 Å². The van der Waals surface area contributed by atoms with E-state index in [0.717, 1.165) is 19.4 Å². The third-order valence-corrected chi connectivity index (χ3v) is 4.22. The third kappa shape index (κ3) is 4.20. The number of aliphatic hydroxyl groups is 1. The molecule has 0 amide bonds. The Labute approximate surface area is 91.9 Å². The molecule has 3 unspecified atom stereocenters. The van der Waals surface area contributed by atoms with Crippen molar-refractivity contribution < 1.29 is 5.11 Å². The summed E-state index contributed by atoms with van der Waals surface area (Å²) < 4.78 is 0. The van der Waals surface area contributed by atoms with E-state index in [0.29, 0.717) is 11.3 Å². The van der Waals surface area contributed by atoms with Crippen LogP contribution in [0.3, 0.4) is 0 Å². The summed E-state index contributed by atoms with van der Waals surface area (Å²) >= 11 is 2.05. The second-order valence-electron chi connectivity index (χ2n) is 4.18. The van der Waals surface area contributed by atoms with Crippen LogP contribution < -0.4 is 5.32 Å². The number of nitrogens with one attached hydrogen (secondary N) is 1. The van der Waals surface area contributed by atoms with Crippen molar-refractivity contribution in [3.8, 4) is 0 Å². The fourth-order valence-corrected chi connectivity index (χ4v) is 3.08. The van der Waals surface area contributed by atoms with Crippen LogP contribution in [0.15, 0.2) is 0 Å². The van der Waals surface area contributed by atoms with E-state index in [2.05, 4.69) is 19.2 Å². The molecule has 1 saturated heterocycles. The van der Waals surface area contributed by atoms with Crippen molar-refractivity contribution in [3.05, 3.63) is 0 Å². The predicted octanol–water partition coefficient (Wildman–Crippen LogP) is 2.02. The molecule has 0 aromatic carbocycles. The van der Waals surface area contributed by atoms with E-state index in [9.17, 15) is 5.11 Å². The van der Waals surface area contributed by atoms with E-state index in [1.807, 2.05) is 11.8 Å². The Hall–Kier alpha value is 0.270. The van der Waals surface area contributed by atoms with Crippen molar-refractivity contribution in [2.75, 3.05) is 12.3 Å². The Balaban J connectivity index is 2.15. The number of aliphatic hydroxyl groups excluding tert-OH is 1. The van der Waals surface area contributed by atoms with E-state index in [4.69, 9.17) is 0 Å². The second-order valence-corrected chi connectivity index (χ2v) is 5.66. The Morgan fingerprint density at radius 3 is 3.00 bits per heavy atom. The first kappa shape index (κ1) is 12.3. The lowest BCUT2D eigenvalue weighted by Crippen LogP contribution is -2.42. The largest absolute Gasteiger partial charge is 0.392 e. The summed E-state index contributed by atoms with van der Waals surface area (Å²) in [5, 5.41) is 13.8. The van der Waals surface area contributed by atoms with Gasteiger partial charge in [-0.05, 0) is 25.0 Å². The highest BCUT2D eigenvalue weighted by atomic mass is 32.2. The molecular formula is C11H23NOS. The first-order chi connectivity index (χ1) is 6.74. The summed E-state index contributed by atoms with van der Waals surface area (Å²) in [7, 11) is 0. The van der Waals surface area contributed by atoms with Gasteiger partial charge >= 0.3 is 0 Å². The molecule has 0 saturated carbocycles. The molecule has 0 spiro atoms. The van der Waals surface area contributed by atoms with E-state index < -0.39 is 0 Å². The summed E-state index contributed by atoms with van der Waals surface area (Å²) in [4.78, 5) is 0. The minimum atomic E-state index is -0.154. The minimum absolute atomic E-state index is 0.154. The maximum atomic E-state index is 9.60. The predicted molar refractivity (Wildman–Crippen MR) is 63.9 cm³/mol. The van der Waals surface area contributed by atoms with Gasteiger partial charge < -0.3 is 10.4 Å². The molecule has 0 radical (unpaired) electrons. The van der Waals surface area contributed by atoms with Crippen molar-refractivity contribution in [1.82, 2.24) is 5.32 Å². The molecule has 84 valence electrons. The Bertz CT molecular complexity index is 154. The number of hydrogen-bond acceptors (Lipinski definition) is 3. The van der Waals surface area contributed by atoms with E-state index >= 15 is 0 Å². The Morgan fingerprint density at radius 1 is 1.57 bits per heavy atom. The van der Waals surface area contributed by atoms with Gasteiger partial charge in [-0.3, -0.25) is 0 Å². The summed E-state index contributed by atoms with van der Waals surface area (Å²) in [5.41, 5.74) is 0. The molecule has 1 rings (SSSR count). The summed E-state index contributed by atoms with van der Waals surface area (Å²) in [6.07, 6.45) is 4.42. The fraction of sp³-hybridized carbons (Fsp3) is 1.00. The van der Waals surface area contributed by atoms with Crippen LogP contribution in [-0.4, -0.2) is 34.8 Å². The Morgan fingerprint density at radius 2 is 2.36 bits per heavy atom. The third-order valence-electron chi connectivity index (χ3n) is 2.84. The minimum Gasteiger partial charge on any atom is -0.392 e. The van der Waals surface area contributed by atoms with Gasteiger partial charge in [0.1, 0.15) is 0 Å². The molecule has 0 aliphatic carbocycles. The zero-order chi connectivity index (χ0) is 10.4. The average Bonchev–Trinajstić information content (AvgIpc) is 2.17. The summed E-state index contributed by atoms with van der Waals surface area (Å²) in [5.74, 6) is 1.30. The molecule has 1 aliphatic heterocycles. The molecule has 0 aromatic rings. The van der Waals surface area contributed by atoms with Gasteiger partial charge in [0.05, 0.1) is 6.10 Å². The maximum Gasteiger partial charge on any atom is 0.0664 e. The molecule has 2 nitrogen and oxygen atoms in total. The van der Waals surface area contributed by atoms with Gasteiger partial charge in [0, 0.05) is 17.8 Å². The highest BCUT2D eigenvalue weighted by Gasteiger charge is 2.21. The van der Waals surface area contributed by atoms with Gasteiger partial charge in [-0.2, -0.15) is 11.8 Å². The van der Waals surface area contributed by atoms with Gasteiger partial charge in [0.25, 0.3) is 0 Å². The SMILES string of the molecule is CCCC(O)CNC1CCCSC1C. The monoisotopic (exact) mass is 217 g/mol. The van der Waals surface area contributed by atoms with Crippen LogP contribution in [0.25, 0.3) is 0 Å². The standard InChI is InChI=1S/C11H23NOS/c1-3-5-10(13)8-12-11-6-4-7-14-9(11)2/h9-13H,3-8H2,1-2H3. The van der Waals surface area contributed by atoms with Crippen molar-refractivity contribution >= 4 is 11.8 Å². The van der Waals surface area contributed by atoms with Crippen LogP contribution in [0.4, 0.5) is 0 Å². The quantitative estimate of drug-likeness (QED) is 0.739. The van der Waals surface area contributed by atoms with Crippen LogP contribution in [0, 0.1) is 0 Å². The van der Waals surface area contributed by atoms with E-state index in [-0.39, 0.29) is 6.10 Å². The molecule has 0 bridgehead atoms. The van der Waals surface area contributed by atoms with Gasteiger partial charge in [-0.15, -0.1) is 0 Å². The topological polar surface area (TPSA) is 32.3 Å². The Kier molecular flexibility index (Phi) is 5.90. The fourth-order valence-electron chi connectivity index (χ4n) is 1.91. The summed E-state index contributed by atoms with van der Waals surface area (Å²) in [6.45, 7) is 5.17. The molecule has 2 N–H and O–H groups in total. The van der Waals surface area contributed by atoms with Crippen LogP contribution >= 0.6 is 11.8 Å². The highest BCUT2D eigenvalue weighted by Crippen LogP contribution is 2.24. The molecular weight excluding hydrogens is 194 g/mol. The number of hydrogen-bond donors (Lipinski definition) is 2. The van der Waals surface area contributed by atoms with Crippen molar-refractivity contribution in [3.63, 3.8) is 0 Å². The van der Waals surface area contributed by atoms with Gasteiger partial charge in [-0.1, -0.05) is 20.3 Å². The van der Waals surface area contributed by atoms with Crippen LogP contribution in [-0.2, 0) is 0 Å². The lowest BCUT2D eigenvalue weighted by Gasteiger charge is -2.30. The molecule has 1 aliphatic rings. The van der Waals surface area contributed by atoms with E-state index in [1.165, 1.54) is 18.6 Å². The molecule has 1 heterocycles. The number of rotatable bonds is 5. The van der Waals surface area contributed by atoms with Crippen LogP contribution in [0.5, 0.6) is 0 Å².